The lowest BCUT2D eigenvalue weighted by molar-refractivity contribution is -0.136. The molecule has 0 aliphatic carbocycles. The van der Waals surface area contributed by atoms with Gasteiger partial charge in [0.15, 0.2) is 5.60 Å². The summed E-state index contributed by atoms with van der Waals surface area (Å²) in [4.78, 5) is 25.1. The highest BCUT2D eigenvalue weighted by atomic mass is 16.3. The van der Waals surface area contributed by atoms with Crippen LogP contribution in [0.3, 0.4) is 0 Å². The van der Waals surface area contributed by atoms with E-state index in [1.54, 1.807) is 77.8 Å². The Kier molecular flexibility index (Phi) is 5.27. The van der Waals surface area contributed by atoms with E-state index >= 15 is 0 Å². The normalized spacial score (nSPS) is 11.8. The highest BCUT2D eigenvalue weighted by molar-refractivity contribution is 5.92. The van der Waals surface area contributed by atoms with Crippen molar-refractivity contribution < 1.29 is 9.90 Å². The maximum absolute atomic E-state index is 13.0. The van der Waals surface area contributed by atoms with Gasteiger partial charge >= 0.3 is 5.69 Å². The van der Waals surface area contributed by atoms with Gasteiger partial charge in [-0.25, -0.2) is 10.2 Å². The lowest BCUT2D eigenvalue weighted by Gasteiger charge is -2.27. The van der Waals surface area contributed by atoms with Crippen molar-refractivity contribution in [2.75, 3.05) is 0 Å². The molecule has 156 valence electrons. The number of hydrazone groups is 1. The van der Waals surface area contributed by atoms with Crippen molar-refractivity contribution in [3.63, 3.8) is 0 Å². The number of nitrogens with one attached hydrogen (secondary N) is 1. The molecule has 3 aromatic carbocycles. The maximum Gasteiger partial charge on any atom is 0.328 e. The van der Waals surface area contributed by atoms with E-state index in [9.17, 15) is 14.7 Å². The second kappa shape index (κ2) is 8.04. The van der Waals surface area contributed by atoms with Crippen LogP contribution in [0.25, 0.3) is 11.0 Å². The van der Waals surface area contributed by atoms with E-state index in [-0.39, 0.29) is 5.69 Å². The lowest BCUT2D eigenvalue weighted by Crippen LogP contribution is -2.43. The number of hydrogen-bond acceptors (Lipinski definition) is 4. The van der Waals surface area contributed by atoms with Gasteiger partial charge < -0.3 is 5.11 Å². The minimum atomic E-state index is -1.90. The molecule has 0 spiro atoms. The Balaban J connectivity index is 1.63. The van der Waals surface area contributed by atoms with E-state index in [4.69, 9.17) is 0 Å². The SMILES string of the molecule is Cn1c(=O)n(C)c2cc(/C=N/NC(=O)C(O)(c3ccccc3)c3ccccc3)ccc21. The van der Waals surface area contributed by atoms with Crippen LogP contribution in [0, 0.1) is 0 Å². The van der Waals surface area contributed by atoms with Crippen molar-refractivity contribution in [2.24, 2.45) is 19.2 Å². The number of rotatable bonds is 5. The molecule has 0 fully saturated rings. The van der Waals surface area contributed by atoms with Crippen molar-refractivity contribution in [2.45, 2.75) is 5.60 Å². The van der Waals surface area contributed by atoms with Gasteiger partial charge in [-0.15, -0.1) is 0 Å². The number of aromatic nitrogens is 2. The van der Waals surface area contributed by atoms with Crippen molar-refractivity contribution in [1.29, 1.82) is 0 Å². The largest absolute Gasteiger partial charge is 0.372 e. The van der Waals surface area contributed by atoms with Gasteiger partial charge in [-0.05, 0) is 28.8 Å². The van der Waals surface area contributed by atoms with E-state index in [2.05, 4.69) is 10.5 Å². The summed E-state index contributed by atoms with van der Waals surface area (Å²) in [7, 11) is 3.42. The van der Waals surface area contributed by atoms with Crippen molar-refractivity contribution in [3.8, 4) is 0 Å². The first-order chi connectivity index (χ1) is 14.9. The minimum Gasteiger partial charge on any atom is -0.372 e. The number of carbonyl (C=O) groups excluding carboxylic acids is 1. The monoisotopic (exact) mass is 414 g/mol. The van der Waals surface area contributed by atoms with Crippen LogP contribution in [-0.2, 0) is 24.5 Å². The second-order valence-electron chi connectivity index (χ2n) is 7.29. The van der Waals surface area contributed by atoms with Crippen LogP contribution in [0.1, 0.15) is 16.7 Å². The number of nitrogens with zero attached hydrogens (tertiary/aromatic N) is 3. The molecular weight excluding hydrogens is 392 g/mol. The molecule has 7 nitrogen and oxygen atoms in total. The highest BCUT2D eigenvalue weighted by Crippen LogP contribution is 2.29. The Labute approximate surface area is 178 Å². The lowest BCUT2D eigenvalue weighted by atomic mass is 9.85. The molecule has 1 amide bonds. The summed E-state index contributed by atoms with van der Waals surface area (Å²) >= 11 is 0. The van der Waals surface area contributed by atoms with E-state index in [1.807, 2.05) is 24.3 Å². The van der Waals surface area contributed by atoms with Gasteiger partial charge in [0.05, 0.1) is 17.2 Å². The van der Waals surface area contributed by atoms with Gasteiger partial charge in [0, 0.05) is 14.1 Å². The molecule has 0 aliphatic heterocycles. The molecular formula is C24H22N4O3. The summed E-state index contributed by atoms with van der Waals surface area (Å²) in [6, 6.07) is 22.9. The third-order valence-corrected chi connectivity index (χ3v) is 5.39. The Morgan fingerprint density at radius 1 is 0.903 bits per heavy atom. The smallest absolute Gasteiger partial charge is 0.328 e. The van der Waals surface area contributed by atoms with Gasteiger partial charge in [-0.1, -0.05) is 66.7 Å². The quantitative estimate of drug-likeness (QED) is 0.388. The summed E-state index contributed by atoms with van der Waals surface area (Å²) < 4.78 is 3.12. The van der Waals surface area contributed by atoms with Crippen LogP contribution in [0.15, 0.2) is 88.8 Å². The standard InChI is InChI=1S/C24H22N4O3/c1-27-20-14-13-17(15-21(20)28(2)23(27)30)16-25-26-22(29)24(31,18-9-5-3-6-10-18)19-11-7-4-8-12-19/h3-16,31H,1-2H3,(H,26,29)/b25-16+. The number of carbonyl (C=O) groups is 1. The van der Waals surface area contributed by atoms with E-state index < -0.39 is 11.5 Å². The summed E-state index contributed by atoms with van der Waals surface area (Å²) in [5, 5.41) is 15.4. The molecule has 0 atom stereocenters. The number of amides is 1. The number of hydrogen-bond donors (Lipinski definition) is 2. The van der Waals surface area contributed by atoms with Crippen molar-refractivity contribution >= 4 is 23.2 Å². The van der Waals surface area contributed by atoms with Gasteiger partial charge in [-0.2, -0.15) is 5.10 Å². The molecule has 31 heavy (non-hydrogen) atoms. The van der Waals surface area contributed by atoms with Gasteiger partial charge in [0.2, 0.25) is 0 Å². The third kappa shape index (κ3) is 3.55. The zero-order valence-electron chi connectivity index (χ0n) is 17.2. The molecule has 1 aromatic heterocycles. The summed E-state index contributed by atoms with van der Waals surface area (Å²) in [5.74, 6) is -0.672. The number of fused-ring (bicyclic) bond motifs is 1. The minimum absolute atomic E-state index is 0.117. The average molecular weight is 414 g/mol. The molecule has 0 saturated carbocycles. The first-order valence-corrected chi connectivity index (χ1v) is 9.75. The molecule has 4 rings (SSSR count). The Hall–Kier alpha value is -3.97. The molecule has 1 heterocycles. The number of aryl methyl sites for hydroxylation is 2. The summed E-state index contributed by atoms with van der Waals surface area (Å²) in [6.07, 6.45) is 1.48. The Morgan fingerprint density at radius 3 is 2.03 bits per heavy atom. The number of benzene rings is 3. The van der Waals surface area contributed by atoms with Crippen LogP contribution < -0.4 is 11.1 Å². The van der Waals surface area contributed by atoms with Gasteiger partial charge in [-0.3, -0.25) is 13.9 Å². The predicted octanol–water partition coefficient (Wildman–Crippen LogP) is 2.26. The molecule has 4 aromatic rings. The number of imidazole rings is 1. The maximum atomic E-state index is 13.0. The summed E-state index contributed by atoms with van der Waals surface area (Å²) in [6.45, 7) is 0. The molecule has 0 radical (unpaired) electrons. The molecule has 0 saturated heterocycles. The van der Waals surface area contributed by atoms with Crippen LogP contribution in [0.2, 0.25) is 0 Å². The fraction of sp³-hybridized carbons (Fsp3) is 0.125. The fourth-order valence-corrected chi connectivity index (χ4v) is 3.64. The van der Waals surface area contributed by atoms with Gasteiger partial charge in [0.1, 0.15) is 0 Å². The summed E-state index contributed by atoms with van der Waals surface area (Å²) in [5.41, 5.74) is 3.59. The molecule has 7 heteroatoms. The van der Waals surface area contributed by atoms with E-state index in [0.29, 0.717) is 16.7 Å². The Morgan fingerprint density at radius 2 is 1.45 bits per heavy atom. The van der Waals surface area contributed by atoms with E-state index in [0.717, 1.165) is 11.0 Å². The van der Waals surface area contributed by atoms with Crippen LogP contribution in [0.5, 0.6) is 0 Å². The van der Waals surface area contributed by atoms with Crippen LogP contribution >= 0.6 is 0 Å². The van der Waals surface area contributed by atoms with Crippen LogP contribution in [0.4, 0.5) is 0 Å². The van der Waals surface area contributed by atoms with Gasteiger partial charge in [0.25, 0.3) is 5.91 Å². The molecule has 0 aliphatic rings. The zero-order chi connectivity index (χ0) is 22.0. The zero-order valence-corrected chi connectivity index (χ0v) is 17.2. The Bertz CT molecular complexity index is 1280. The van der Waals surface area contributed by atoms with Crippen LogP contribution in [-0.4, -0.2) is 26.4 Å². The molecule has 2 N–H and O–H groups in total. The highest BCUT2D eigenvalue weighted by Gasteiger charge is 2.39. The van der Waals surface area contributed by atoms with Crippen molar-refractivity contribution in [1.82, 2.24) is 14.6 Å². The topological polar surface area (TPSA) is 88.6 Å². The van der Waals surface area contributed by atoms with E-state index in [1.165, 1.54) is 6.21 Å². The second-order valence-corrected chi connectivity index (χ2v) is 7.29. The molecule has 0 unspecified atom stereocenters. The first-order valence-electron chi connectivity index (χ1n) is 9.75. The number of aliphatic hydroxyl groups is 1. The predicted molar refractivity (Wildman–Crippen MR) is 120 cm³/mol. The fourth-order valence-electron chi connectivity index (χ4n) is 3.64. The third-order valence-electron chi connectivity index (χ3n) is 5.39. The molecule has 0 bridgehead atoms. The van der Waals surface area contributed by atoms with Crippen molar-refractivity contribution in [3.05, 3.63) is 106 Å². The first kappa shape index (κ1) is 20.3. The average Bonchev–Trinajstić information content (AvgIpc) is 3.03.